The predicted molar refractivity (Wildman–Crippen MR) is 84.1 cm³/mol. The number of nitrogens with two attached hydrogens (primary N) is 1. The molecule has 1 saturated heterocycles. The van der Waals surface area contributed by atoms with E-state index in [2.05, 4.69) is 11.1 Å². The lowest BCUT2D eigenvalue weighted by Gasteiger charge is -2.35. The molecule has 116 valence electrons. The first-order chi connectivity index (χ1) is 10.5. The Balaban J connectivity index is 2.32. The fraction of sp³-hybridized carbons (Fsp3) is 0.400. The number of hydrogen-bond acceptors (Lipinski definition) is 5. The minimum Gasteiger partial charge on any atom is -0.377 e. The van der Waals surface area contributed by atoms with E-state index in [1.165, 1.54) is 0 Å². The molecule has 2 N–H and O–H groups in total. The highest BCUT2D eigenvalue weighted by Crippen LogP contribution is 2.27. The third-order valence-corrected chi connectivity index (χ3v) is 3.32. The minimum absolute atomic E-state index is 0.262. The van der Waals surface area contributed by atoms with Crippen LogP contribution in [-0.2, 0) is 9.53 Å². The van der Waals surface area contributed by atoms with E-state index in [0.29, 0.717) is 24.4 Å². The molecule has 1 aromatic rings. The summed E-state index contributed by atoms with van der Waals surface area (Å²) in [7, 11) is 3.71. The highest BCUT2D eigenvalue weighted by molar-refractivity contribution is 5.84. The van der Waals surface area contributed by atoms with Crippen LogP contribution in [0.4, 0.5) is 11.4 Å². The Morgan fingerprint density at radius 2 is 2.36 bits per heavy atom. The van der Waals surface area contributed by atoms with E-state index in [4.69, 9.17) is 10.5 Å². The molecule has 0 radical (unpaired) electrons. The third-order valence-electron chi connectivity index (χ3n) is 3.32. The molecule has 1 aliphatic rings. The fourth-order valence-electron chi connectivity index (χ4n) is 2.23. The van der Waals surface area contributed by atoms with Gasteiger partial charge in [-0.05, 0) is 18.2 Å². The fourth-order valence-corrected chi connectivity index (χ4v) is 2.23. The molecule has 0 aromatic heterocycles. The van der Waals surface area contributed by atoms with Gasteiger partial charge in [0.2, 0.25) is 5.91 Å². The summed E-state index contributed by atoms with van der Waals surface area (Å²) in [6.45, 7) is 1.34. The molecule has 0 bridgehead atoms. The first kappa shape index (κ1) is 15.8. The maximum atomic E-state index is 11.5. The molecule has 1 fully saturated rings. The van der Waals surface area contributed by atoms with Crippen molar-refractivity contribution in [1.29, 1.82) is 5.26 Å². The molecule has 1 amide bonds. The Kier molecular flexibility index (Phi) is 4.96. The second-order valence-electron chi connectivity index (χ2n) is 5.21. The van der Waals surface area contributed by atoms with Crippen molar-refractivity contribution < 1.29 is 9.53 Å². The van der Waals surface area contributed by atoms with Crippen LogP contribution in [0.15, 0.2) is 23.2 Å². The van der Waals surface area contributed by atoms with Crippen LogP contribution in [0.2, 0.25) is 0 Å². The number of morpholine rings is 1. The van der Waals surface area contributed by atoms with Crippen LogP contribution < -0.4 is 10.6 Å². The van der Waals surface area contributed by atoms with Crippen LogP contribution >= 0.6 is 0 Å². The molecule has 0 spiro atoms. The minimum atomic E-state index is -0.517. The summed E-state index contributed by atoms with van der Waals surface area (Å²) in [6.07, 6.45) is 1.64. The number of carbonyl (C=O) groups excluding carboxylic acids is 1. The molecule has 1 aromatic carbocycles. The molecular formula is C15H19N5O2. The number of rotatable bonds is 4. The number of aliphatic imine (C=N–C) groups is 1. The molecule has 7 nitrogen and oxygen atoms in total. The van der Waals surface area contributed by atoms with Gasteiger partial charge in [-0.15, -0.1) is 0 Å². The molecule has 2 rings (SSSR count). The van der Waals surface area contributed by atoms with Gasteiger partial charge in [-0.1, -0.05) is 0 Å². The summed E-state index contributed by atoms with van der Waals surface area (Å²) in [5.41, 5.74) is 7.23. The molecule has 1 heterocycles. The summed E-state index contributed by atoms with van der Waals surface area (Å²) < 4.78 is 5.30. The van der Waals surface area contributed by atoms with E-state index in [-0.39, 0.29) is 6.61 Å². The molecule has 1 atom stereocenters. The molecule has 0 saturated carbocycles. The van der Waals surface area contributed by atoms with Gasteiger partial charge in [-0.25, -0.2) is 4.99 Å². The predicted octanol–water partition coefficient (Wildman–Crippen LogP) is 0.470. The number of carbonyl (C=O) groups is 1. The Hall–Kier alpha value is -2.59. The molecule has 0 aliphatic carbocycles. The number of ether oxygens (including phenoxy) is 1. The van der Waals surface area contributed by atoms with Gasteiger partial charge in [0.15, 0.2) is 0 Å². The van der Waals surface area contributed by atoms with Gasteiger partial charge < -0.3 is 20.3 Å². The highest BCUT2D eigenvalue weighted by Gasteiger charge is 2.28. The average molecular weight is 301 g/mol. The van der Waals surface area contributed by atoms with Gasteiger partial charge in [0.05, 0.1) is 30.8 Å². The van der Waals surface area contributed by atoms with Gasteiger partial charge in [0.25, 0.3) is 0 Å². The van der Waals surface area contributed by atoms with Crippen LogP contribution in [0, 0.1) is 11.3 Å². The highest BCUT2D eigenvalue weighted by atomic mass is 16.5. The largest absolute Gasteiger partial charge is 0.377 e. The number of anilines is 1. The van der Waals surface area contributed by atoms with Gasteiger partial charge in [0, 0.05) is 26.3 Å². The standard InChI is InChI=1S/C15H19N5O2/c1-19(2)10-18-13-4-3-12(7-11(13)8-16)20-5-6-22-9-14(20)15(17)21/h3-4,7,10,14H,5-6,9H2,1-2H3,(H2,17,21)/b18-10+. The first-order valence-electron chi connectivity index (χ1n) is 6.91. The van der Waals surface area contributed by atoms with Crippen LogP contribution in [-0.4, -0.2) is 57.0 Å². The molecular weight excluding hydrogens is 282 g/mol. The van der Waals surface area contributed by atoms with Gasteiger partial charge >= 0.3 is 0 Å². The summed E-state index contributed by atoms with van der Waals surface area (Å²) in [5.74, 6) is -0.437. The zero-order valence-corrected chi connectivity index (χ0v) is 12.7. The van der Waals surface area contributed by atoms with Crippen molar-refractivity contribution in [3.05, 3.63) is 23.8 Å². The smallest absolute Gasteiger partial charge is 0.242 e. The summed E-state index contributed by atoms with van der Waals surface area (Å²) >= 11 is 0. The van der Waals surface area contributed by atoms with E-state index in [0.717, 1.165) is 5.69 Å². The number of amides is 1. The lowest BCUT2D eigenvalue weighted by atomic mass is 10.1. The maximum Gasteiger partial charge on any atom is 0.242 e. The van der Waals surface area contributed by atoms with E-state index >= 15 is 0 Å². The average Bonchev–Trinajstić information content (AvgIpc) is 2.52. The Labute approximate surface area is 129 Å². The monoisotopic (exact) mass is 301 g/mol. The number of hydrogen-bond donors (Lipinski definition) is 1. The number of nitrogens with zero attached hydrogens (tertiary/aromatic N) is 4. The van der Waals surface area contributed by atoms with Crippen LogP contribution in [0.25, 0.3) is 0 Å². The SMILES string of the molecule is CN(C)/C=N/c1ccc(N2CCOCC2C(N)=O)cc1C#N. The maximum absolute atomic E-state index is 11.5. The Morgan fingerprint density at radius 3 is 3.00 bits per heavy atom. The summed E-state index contributed by atoms with van der Waals surface area (Å²) in [5, 5.41) is 9.31. The third kappa shape index (κ3) is 3.54. The van der Waals surface area contributed by atoms with Crippen molar-refractivity contribution in [2.24, 2.45) is 10.7 Å². The second-order valence-corrected chi connectivity index (χ2v) is 5.21. The van der Waals surface area contributed by atoms with Crippen molar-refractivity contribution >= 4 is 23.6 Å². The van der Waals surface area contributed by atoms with Crippen molar-refractivity contribution in [3.63, 3.8) is 0 Å². The Morgan fingerprint density at radius 1 is 1.59 bits per heavy atom. The lowest BCUT2D eigenvalue weighted by molar-refractivity contribution is -0.121. The van der Waals surface area contributed by atoms with Crippen molar-refractivity contribution in [2.45, 2.75) is 6.04 Å². The Bertz CT molecular complexity index is 621. The summed E-state index contributed by atoms with van der Waals surface area (Å²) in [6, 6.07) is 6.95. The zero-order valence-electron chi connectivity index (χ0n) is 12.7. The summed E-state index contributed by atoms with van der Waals surface area (Å²) in [4.78, 5) is 19.5. The number of benzene rings is 1. The van der Waals surface area contributed by atoms with Crippen molar-refractivity contribution in [2.75, 3.05) is 38.8 Å². The van der Waals surface area contributed by atoms with E-state index < -0.39 is 11.9 Å². The van der Waals surface area contributed by atoms with Crippen LogP contribution in [0.1, 0.15) is 5.56 Å². The number of primary amides is 1. The normalized spacial score (nSPS) is 18.2. The van der Waals surface area contributed by atoms with Crippen LogP contribution in [0.5, 0.6) is 0 Å². The topological polar surface area (TPSA) is 94.9 Å². The quantitative estimate of drug-likeness (QED) is 0.644. The second kappa shape index (κ2) is 6.91. The van der Waals surface area contributed by atoms with Crippen molar-refractivity contribution in [1.82, 2.24) is 4.90 Å². The molecule has 22 heavy (non-hydrogen) atoms. The van der Waals surface area contributed by atoms with E-state index in [9.17, 15) is 10.1 Å². The van der Waals surface area contributed by atoms with Gasteiger partial charge in [-0.2, -0.15) is 5.26 Å². The zero-order chi connectivity index (χ0) is 16.1. The van der Waals surface area contributed by atoms with Gasteiger partial charge in [0.1, 0.15) is 12.1 Å². The first-order valence-corrected chi connectivity index (χ1v) is 6.91. The molecule has 1 unspecified atom stereocenters. The van der Waals surface area contributed by atoms with Gasteiger partial charge in [-0.3, -0.25) is 4.79 Å². The molecule has 7 heteroatoms. The van der Waals surface area contributed by atoms with Crippen LogP contribution in [0.3, 0.4) is 0 Å². The molecule has 1 aliphatic heterocycles. The number of nitriles is 1. The van der Waals surface area contributed by atoms with E-state index in [1.807, 2.05) is 25.1 Å². The lowest BCUT2D eigenvalue weighted by Crippen LogP contribution is -2.52. The van der Waals surface area contributed by atoms with Crippen molar-refractivity contribution in [3.8, 4) is 6.07 Å². The van der Waals surface area contributed by atoms with E-state index in [1.54, 1.807) is 23.4 Å².